The molecule has 0 aliphatic carbocycles. The van der Waals surface area contributed by atoms with Gasteiger partial charge in [0.15, 0.2) is 5.78 Å². The Morgan fingerprint density at radius 2 is 2.31 bits per heavy atom. The van der Waals surface area contributed by atoms with E-state index in [9.17, 15) is 9.59 Å². The van der Waals surface area contributed by atoms with Crippen molar-refractivity contribution in [2.24, 2.45) is 5.11 Å². The lowest BCUT2D eigenvalue weighted by atomic mass is 10.2. The van der Waals surface area contributed by atoms with Crippen LogP contribution in [0.15, 0.2) is 5.11 Å². The van der Waals surface area contributed by atoms with Gasteiger partial charge in [-0.05, 0) is 12.5 Å². The predicted molar refractivity (Wildman–Crippen MR) is 42.1 cm³/mol. The smallest absolute Gasteiger partial charge is 0.340 e. The van der Waals surface area contributed by atoms with Gasteiger partial charge in [0.1, 0.15) is 0 Å². The van der Waals surface area contributed by atoms with Gasteiger partial charge in [0.05, 0.1) is 6.61 Å². The molecule has 1 unspecified atom stereocenters. The highest BCUT2D eigenvalue weighted by molar-refractivity contribution is 5.99. The van der Waals surface area contributed by atoms with Crippen molar-refractivity contribution in [3.05, 3.63) is 10.4 Å². The SMILES string of the molecule is CC(=O)C(OCCN=[N+]=[N-])C(=O)O. The van der Waals surface area contributed by atoms with E-state index in [4.69, 9.17) is 10.6 Å². The standard InChI is InChI=1S/C6H9N3O4/c1-4(10)5(6(11)12)13-3-2-8-9-7/h5H,2-3H2,1H3,(H,11,12). The summed E-state index contributed by atoms with van der Waals surface area (Å²) in [7, 11) is 0. The number of hydrogen-bond donors (Lipinski definition) is 1. The van der Waals surface area contributed by atoms with Crippen LogP contribution in [-0.2, 0) is 14.3 Å². The maximum atomic E-state index is 10.6. The first-order valence-electron chi connectivity index (χ1n) is 3.45. The predicted octanol–water partition coefficient (Wildman–Crippen LogP) is 0.355. The number of ether oxygens (including phenoxy) is 1. The van der Waals surface area contributed by atoms with Crippen molar-refractivity contribution in [1.82, 2.24) is 0 Å². The summed E-state index contributed by atoms with van der Waals surface area (Å²) in [5.74, 6) is -1.93. The molecule has 0 aliphatic heterocycles. The third-order valence-electron chi connectivity index (χ3n) is 1.13. The Morgan fingerprint density at radius 3 is 2.69 bits per heavy atom. The topological polar surface area (TPSA) is 112 Å². The van der Waals surface area contributed by atoms with Crippen LogP contribution in [0, 0.1) is 0 Å². The lowest BCUT2D eigenvalue weighted by molar-refractivity contribution is -0.155. The minimum absolute atomic E-state index is 0.00750. The molecule has 72 valence electrons. The monoisotopic (exact) mass is 187 g/mol. The molecule has 0 aromatic rings. The molecule has 0 fully saturated rings. The molecule has 0 saturated heterocycles. The quantitative estimate of drug-likeness (QED) is 0.212. The number of rotatable bonds is 6. The molecule has 0 aliphatic rings. The van der Waals surface area contributed by atoms with Crippen molar-refractivity contribution in [2.75, 3.05) is 13.2 Å². The Hall–Kier alpha value is -1.59. The molecular weight excluding hydrogens is 178 g/mol. The molecule has 7 nitrogen and oxygen atoms in total. The summed E-state index contributed by atoms with van der Waals surface area (Å²) in [4.78, 5) is 23.4. The summed E-state index contributed by atoms with van der Waals surface area (Å²) in [5, 5.41) is 11.6. The molecular formula is C6H9N3O4. The van der Waals surface area contributed by atoms with Crippen LogP contribution in [-0.4, -0.2) is 36.1 Å². The molecule has 0 saturated carbocycles. The van der Waals surface area contributed by atoms with E-state index < -0.39 is 17.9 Å². The van der Waals surface area contributed by atoms with E-state index in [1.165, 1.54) is 0 Å². The molecule has 0 bridgehead atoms. The fourth-order valence-electron chi connectivity index (χ4n) is 0.619. The number of ketones is 1. The Bertz CT molecular complexity index is 232. The van der Waals surface area contributed by atoms with E-state index in [1.54, 1.807) is 0 Å². The Morgan fingerprint density at radius 1 is 1.69 bits per heavy atom. The lowest BCUT2D eigenvalue weighted by Crippen LogP contribution is -2.31. The number of carbonyl (C=O) groups excluding carboxylic acids is 1. The van der Waals surface area contributed by atoms with Gasteiger partial charge in [-0.1, -0.05) is 5.11 Å². The number of nitrogens with zero attached hydrogens (tertiary/aromatic N) is 3. The molecule has 1 atom stereocenters. The van der Waals surface area contributed by atoms with Crippen LogP contribution in [0.3, 0.4) is 0 Å². The molecule has 0 rings (SSSR count). The Balaban J connectivity index is 3.90. The number of carbonyl (C=O) groups is 2. The van der Waals surface area contributed by atoms with Crippen LogP contribution in [0.1, 0.15) is 6.92 Å². The summed E-state index contributed by atoms with van der Waals surface area (Å²) in [6.45, 7) is 1.04. The minimum Gasteiger partial charge on any atom is -0.479 e. The second kappa shape index (κ2) is 5.99. The van der Waals surface area contributed by atoms with E-state index in [-0.39, 0.29) is 13.2 Å². The van der Waals surface area contributed by atoms with Crippen LogP contribution < -0.4 is 0 Å². The normalized spacial score (nSPS) is 11.5. The van der Waals surface area contributed by atoms with Crippen LogP contribution in [0.25, 0.3) is 10.4 Å². The zero-order valence-corrected chi connectivity index (χ0v) is 7.01. The summed E-state index contributed by atoms with van der Waals surface area (Å²) >= 11 is 0. The van der Waals surface area contributed by atoms with E-state index in [0.717, 1.165) is 6.92 Å². The van der Waals surface area contributed by atoms with Crippen LogP contribution >= 0.6 is 0 Å². The van der Waals surface area contributed by atoms with Gasteiger partial charge >= 0.3 is 5.97 Å². The van der Waals surface area contributed by atoms with Crippen molar-refractivity contribution in [1.29, 1.82) is 0 Å². The third kappa shape index (κ3) is 4.78. The van der Waals surface area contributed by atoms with Gasteiger partial charge in [0.25, 0.3) is 0 Å². The maximum absolute atomic E-state index is 10.6. The molecule has 0 heterocycles. The second-order valence-electron chi connectivity index (χ2n) is 2.15. The van der Waals surface area contributed by atoms with Gasteiger partial charge in [0, 0.05) is 11.5 Å². The lowest BCUT2D eigenvalue weighted by Gasteiger charge is -2.08. The van der Waals surface area contributed by atoms with Crippen molar-refractivity contribution in [3.63, 3.8) is 0 Å². The molecule has 0 aromatic carbocycles. The fourth-order valence-corrected chi connectivity index (χ4v) is 0.619. The van der Waals surface area contributed by atoms with Crippen LogP contribution in [0.2, 0.25) is 0 Å². The van der Waals surface area contributed by atoms with E-state index in [2.05, 4.69) is 14.8 Å². The molecule has 0 radical (unpaired) electrons. The maximum Gasteiger partial charge on any atom is 0.340 e. The summed E-state index contributed by atoms with van der Waals surface area (Å²) in [6, 6.07) is 0. The largest absolute Gasteiger partial charge is 0.479 e. The molecule has 13 heavy (non-hydrogen) atoms. The minimum atomic E-state index is -1.46. The highest BCUT2D eigenvalue weighted by atomic mass is 16.5. The zero-order chi connectivity index (χ0) is 10.3. The van der Waals surface area contributed by atoms with E-state index >= 15 is 0 Å². The van der Waals surface area contributed by atoms with Crippen molar-refractivity contribution in [3.8, 4) is 0 Å². The van der Waals surface area contributed by atoms with Crippen molar-refractivity contribution < 1.29 is 19.4 Å². The van der Waals surface area contributed by atoms with Gasteiger partial charge in [-0.15, -0.1) is 0 Å². The molecule has 0 amide bonds. The van der Waals surface area contributed by atoms with Gasteiger partial charge < -0.3 is 9.84 Å². The first kappa shape index (κ1) is 11.4. The first-order chi connectivity index (χ1) is 6.09. The summed E-state index contributed by atoms with van der Waals surface area (Å²) in [5.41, 5.74) is 7.87. The highest BCUT2D eigenvalue weighted by Gasteiger charge is 2.22. The van der Waals surface area contributed by atoms with Gasteiger partial charge in [-0.25, -0.2) is 4.79 Å². The number of aliphatic carboxylic acids is 1. The van der Waals surface area contributed by atoms with Gasteiger partial charge in [0.2, 0.25) is 6.10 Å². The fraction of sp³-hybridized carbons (Fsp3) is 0.667. The highest BCUT2D eigenvalue weighted by Crippen LogP contribution is 1.94. The zero-order valence-electron chi connectivity index (χ0n) is 7.01. The molecule has 0 aromatic heterocycles. The Kier molecular flexibility index (Phi) is 5.25. The van der Waals surface area contributed by atoms with Gasteiger partial charge in [-0.2, -0.15) is 0 Å². The number of azide groups is 1. The number of carboxylic acids is 1. The summed E-state index contributed by atoms with van der Waals surface area (Å²) < 4.78 is 4.65. The van der Waals surface area contributed by atoms with E-state index in [0.29, 0.717) is 0 Å². The number of carboxylic acid groups (broad SMARTS) is 1. The van der Waals surface area contributed by atoms with Crippen molar-refractivity contribution >= 4 is 11.8 Å². The number of hydrogen-bond acceptors (Lipinski definition) is 4. The molecule has 1 N–H and O–H groups in total. The summed E-state index contributed by atoms with van der Waals surface area (Å²) in [6.07, 6.45) is -1.46. The average molecular weight is 187 g/mol. The van der Waals surface area contributed by atoms with Crippen LogP contribution in [0.4, 0.5) is 0 Å². The third-order valence-corrected chi connectivity index (χ3v) is 1.13. The second-order valence-corrected chi connectivity index (χ2v) is 2.15. The average Bonchev–Trinajstić information content (AvgIpc) is 2.02. The van der Waals surface area contributed by atoms with E-state index in [1.807, 2.05) is 0 Å². The molecule has 7 heteroatoms. The molecule has 0 spiro atoms. The van der Waals surface area contributed by atoms with Crippen LogP contribution in [0.5, 0.6) is 0 Å². The van der Waals surface area contributed by atoms with Crippen molar-refractivity contribution in [2.45, 2.75) is 13.0 Å². The first-order valence-corrected chi connectivity index (χ1v) is 3.45. The van der Waals surface area contributed by atoms with Gasteiger partial charge in [-0.3, -0.25) is 4.79 Å². The Labute approximate surface area is 73.9 Å². The number of Topliss-reactive ketones (excluding diaryl/α,β-unsaturated/α-hetero) is 1.